The van der Waals surface area contributed by atoms with E-state index in [1.54, 1.807) is 0 Å². The topological polar surface area (TPSA) is 292 Å². The van der Waals surface area contributed by atoms with Crippen molar-refractivity contribution in [3.8, 4) is 0 Å². The second-order valence-electron chi connectivity index (χ2n) is 17.2. The molecule has 2 saturated heterocycles. The number of amides is 3. The molecule has 1 aromatic rings. The van der Waals surface area contributed by atoms with Crippen molar-refractivity contribution in [1.82, 2.24) is 20.2 Å². The van der Waals surface area contributed by atoms with Gasteiger partial charge in [0.05, 0.1) is 0 Å². The van der Waals surface area contributed by atoms with E-state index >= 15 is 0 Å². The molecule has 20 nitrogen and oxygen atoms in total. The summed E-state index contributed by atoms with van der Waals surface area (Å²) >= 11 is 0. The van der Waals surface area contributed by atoms with Crippen molar-refractivity contribution in [3.05, 3.63) is 44.9 Å². The molecule has 3 amide bonds. The number of hydrogen-bond donors (Lipinski definition) is 6. The summed E-state index contributed by atoms with van der Waals surface area (Å²) in [5.74, 6) is -4.26. The predicted octanol–water partition coefficient (Wildman–Crippen LogP) is 2.53. The second kappa shape index (κ2) is 27.8. The van der Waals surface area contributed by atoms with Gasteiger partial charge in [-0.2, -0.15) is 0 Å². The molecule has 3 aliphatic heterocycles. The lowest BCUT2D eigenvalue weighted by atomic mass is 10.0. The number of methoxy groups -OCH3 is 1. The fraction of sp³-hybridized carbons (Fsp3) is 0.756. The Morgan fingerprint density at radius 2 is 1.51 bits per heavy atom. The van der Waals surface area contributed by atoms with Crippen molar-refractivity contribution in [1.29, 1.82) is 0 Å². The van der Waals surface area contributed by atoms with Crippen LogP contribution < -0.4 is 33.3 Å². The van der Waals surface area contributed by atoms with Crippen LogP contribution in [0.4, 0.5) is 0 Å². The average Bonchev–Trinajstić information content (AvgIpc) is 3.52. The van der Waals surface area contributed by atoms with Crippen LogP contribution in [-0.2, 0) is 52.4 Å². The monoisotopic (exact) mass is 921 g/mol. The first-order valence-electron chi connectivity index (χ1n) is 23.5. The normalized spacial score (nSPS) is 26.0. The molecule has 2 fully saturated rings. The van der Waals surface area contributed by atoms with Gasteiger partial charge < -0.3 is 55.6 Å². The van der Waals surface area contributed by atoms with Crippen LogP contribution in [-0.4, -0.2) is 113 Å². The zero-order valence-electron chi connectivity index (χ0n) is 38.2. The lowest BCUT2D eigenvalue weighted by Crippen LogP contribution is -2.55. The summed E-state index contributed by atoms with van der Waals surface area (Å²) in [7, 11) is 1.24. The van der Waals surface area contributed by atoms with Crippen molar-refractivity contribution in [3.63, 3.8) is 0 Å². The number of aromatic amines is 1. The van der Waals surface area contributed by atoms with Crippen LogP contribution in [0.1, 0.15) is 148 Å². The number of aromatic nitrogens is 2. The van der Waals surface area contributed by atoms with Crippen LogP contribution in [0.3, 0.4) is 0 Å². The first-order chi connectivity index (χ1) is 31.3. The Hall–Kier alpha value is -4.63. The third-order valence-electron chi connectivity index (χ3n) is 11.9. The number of unbranched alkanes of at least 4 members (excludes halogenated alkanes) is 13. The molecule has 0 bridgehead atoms. The van der Waals surface area contributed by atoms with E-state index in [4.69, 9.17) is 39.9 Å². The standard InChI is InChI=1S/C45H72N6O14/c1-4-5-6-7-10-13-17-23-34(54)63-39-36(60-3)37(64-43(39)51-26-24-32(52)50-45(51)59)38(40(47)56)65-44-35(55)30(61-33(53)22-16-14-11-8-9-12-15-18-25-46)27-31(62-44)42(58)49-29-21-19-20-28(2)48-41(29)57/h24,26-30,35-39,43-44,55H,4-23,25,46H2,1-3H3,(H2,47,56)(H,48,57)(H,49,58)(H,50,52,59)/t28-,29?,30+,35+,36-,37+,38+,39-,43-,44+/m1/s1. The Morgan fingerprint density at radius 3 is 2.11 bits per heavy atom. The number of aliphatic hydroxyl groups excluding tert-OH is 1. The van der Waals surface area contributed by atoms with Gasteiger partial charge in [-0.1, -0.05) is 84.0 Å². The van der Waals surface area contributed by atoms with E-state index < -0.39 is 102 Å². The predicted molar refractivity (Wildman–Crippen MR) is 235 cm³/mol. The molecular formula is C45H72N6O14. The van der Waals surface area contributed by atoms with Gasteiger partial charge in [-0.15, -0.1) is 0 Å². The van der Waals surface area contributed by atoms with Gasteiger partial charge in [0.1, 0.15) is 18.2 Å². The van der Waals surface area contributed by atoms with Crippen LogP contribution in [0.2, 0.25) is 0 Å². The Bertz CT molecular complexity index is 1840. The van der Waals surface area contributed by atoms with Gasteiger partial charge in [0.2, 0.25) is 18.1 Å². The molecule has 8 N–H and O–H groups in total. The number of rotatable bonds is 28. The Labute approximate surface area is 380 Å². The quantitative estimate of drug-likeness (QED) is 0.0520. The summed E-state index contributed by atoms with van der Waals surface area (Å²) in [6, 6.07) is 0.0103. The summed E-state index contributed by atoms with van der Waals surface area (Å²) < 4.78 is 36.4. The van der Waals surface area contributed by atoms with E-state index in [-0.39, 0.29) is 18.9 Å². The maximum absolute atomic E-state index is 13.8. The molecule has 10 atom stereocenters. The van der Waals surface area contributed by atoms with Gasteiger partial charge in [-0.05, 0) is 52.0 Å². The molecule has 0 aliphatic carbocycles. The Kier molecular flexibility index (Phi) is 22.6. The molecule has 1 aromatic heterocycles. The summed E-state index contributed by atoms with van der Waals surface area (Å²) in [6.45, 7) is 4.65. The van der Waals surface area contributed by atoms with E-state index in [9.17, 15) is 38.7 Å². The summed E-state index contributed by atoms with van der Waals surface area (Å²) in [4.78, 5) is 93.7. The van der Waals surface area contributed by atoms with Gasteiger partial charge in [-0.25, -0.2) is 4.79 Å². The Balaban J connectivity index is 1.55. The smallest absolute Gasteiger partial charge is 0.330 e. The van der Waals surface area contributed by atoms with Gasteiger partial charge in [0.15, 0.2) is 36.4 Å². The van der Waals surface area contributed by atoms with Crippen molar-refractivity contribution >= 4 is 29.7 Å². The molecule has 65 heavy (non-hydrogen) atoms. The van der Waals surface area contributed by atoms with Crippen LogP contribution >= 0.6 is 0 Å². The van der Waals surface area contributed by atoms with E-state index in [1.165, 1.54) is 7.11 Å². The molecule has 3 aliphatic rings. The lowest BCUT2D eigenvalue weighted by molar-refractivity contribution is -0.244. The molecule has 366 valence electrons. The van der Waals surface area contributed by atoms with Crippen molar-refractivity contribution in [2.45, 2.75) is 203 Å². The third-order valence-corrected chi connectivity index (χ3v) is 11.9. The summed E-state index contributed by atoms with van der Waals surface area (Å²) in [6.07, 6.45) is 5.04. The maximum atomic E-state index is 13.8. The van der Waals surface area contributed by atoms with Crippen LogP contribution in [0.25, 0.3) is 0 Å². The number of nitrogens with zero attached hydrogens (tertiary/aromatic N) is 1. The van der Waals surface area contributed by atoms with E-state index in [2.05, 4.69) is 22.5 Å². The van der Waals surface area contributed by atoms with E-state index in [0.29, 0.717) is 38.6 Å². The first-order valence-corrected chi connectivity index (χ1v) is 23.5. The minimum absolute atomic E-state index is 0.0124. The zero-order valence-corrected chi connectivity index (χ0v) is 38.2. The molecule has 0 spiro atoms. The number of nitrogens with two attached hydrogens (primary N) is 2. The highest BCUT2D eigenvalue weighted by Crippen LogP contribution is 2.37. The molecular weight excluding hydrogens is 849 g/mol. The summed E-state index contributed by atoms with van der Waals surface area (Å²) in [5, 5.41) is 17.1. The van der Waals surface area contributed by atoms with E-state index in [0.717, 1.165) is 106 Å². The van der Waals surface area contributed by atoms with Gasteiger partial charge in [0.25, 0.3) is 11.5 Å². The molecule has 4 rings (SSSR count). The Morgan fingerprint density at radius 1 is 0.892 bits per heavy atom. The van der Waals surface area contributed by atoms with Gasteiger partial charge in [0, 0.05) is 44.3 Å². The number of carbonyl (C=O) groups is 5. The number of H-pyrrole nitrogens is 1. The molecule has 0 radical (unpaired) electrons. The number of aliphatic hydroxyl groups is 1. The van der Waals surface area contributed by atoms with Gasteiger partial charge in [-0.3, -0.25) is 38.3 Å². The SMILES string of the molecule is CCCCCCCCCC(=O)O[C@@H]1[C@H](OC)[C@@H]([C@H](O[C@@H]2OC(C(=O)NC3CCC[C@@H](C)NC3=O)=C[C@H](OC(=O)CCCCCCCCCCN)[C@@H]2O)C(N)=O)O[C@H]1n1ccc(=O)[nH]c1=O. The largest absolute Gasteiger partial charge is 0.456 e. The highest BCUT2D eigenvalue weighted by Gasteiger charge is 2.55. The van der Waals surface area contributed by atoms with Crippen LogP contribution in [0, 0.1) is 0 Å². The summed E-state index contributed by atoms with van der Waals surface area (Å²) in [5.41, 5.74) is 9.84. The zero-order chi connectivity index (χ0) is 47.3. The first kappa shape index (κ1) is 53.0. The van der Waals surface area contributed by atoms with Crippen LogP contribution in [0.15, 0.2) is 33.7 Å². The molecule has 4 heterocycles. The maximum Gasteiger partial charge on any atom is 0.330 e. The number of hydrogen-bond acceptors (Lipinski definition) is 15. The van der Waals surface area contributed by atoms with Crippen molar-refractivity contribution < 1.29 is 57.5 Å². The number of carbonyl (C=O) groups excluding carboxylic acids is 5. The van der Waals surface area contributed by atoms with Crippen molar-refractivity contribution in [2.24, 2.45) is 11.5 Å². The number of nitrogens with one attached hydrogen (secondary N) is 3. The minimum Gasteiger partial charge on any atom is -0.456 e. The highest BCUT2D eigenvalue weighted by molar-refractivity contribution is 5.96. The third kappa shape index (κ3) is 16.6. The highest BCUT2D eigenvalue weighted by atomic mass is 16.7. The van der Waals surface area contributed by atoms with E-state index in [1.807, 2.05) is 6.92 Å². The average molecular weight is 921 g/mol. The lowest BCUT2D eigenvalue weighted by Gasteiger charge is -2.36. The molecule has 1 unspecified atom stereocenters. The van der Waals surface area contributed by atoms with Gasteiger partial charge >= 0.3 is 17.6 Å². The van der Waals surface area contributed by atoms with Crippen LogP contribution in [0.5, 0.6) is 0 Å². The molecule has 0 aromatic carbocycles. The minimum atomic E-state index is -1.92. The molecule has 0 saturated carbocycles. The number of primary amides is 1. The fourth-order valence-corrected chi connectivity index (χ4v) is 8.25. The number of esters is 2. The number of ether oxygens (including phenoxy) is 6. The second-order valence-corrected chi connectivity index (χ2v) is 17.2. The molecule has 20 heteroatoms. The van der Waals surface area contributed by atoms with Crippen molar-refractivity contribution in [2.75, 3.05) is 13.7 Å². The fourth-order valence-electron chi connectivity index (χ4n) is 8.25.